The van der Waals surface area contributed by atoms with Crippen LogP contribution < -0.4 is 20.7 Å². The van der Waals surface area contributed by atoms with Crippen LogP contribution in [-0.2, 0) is 14.4 Å². The van der Waals surface area contributed by atoms with Crippen molar-refractivity contribution in [3.8, 4) is 5.75 Å². The molecule has 0 aliphatic heterocycles. The molecule has 0 heterocycles. The number of carbonyl (C=O) groups is 3. The quantitative estimate of drug-likeness (QED) is 0.583. The molecule has 2 aromatic carbocycles. The molecule has 0 atom stereocenters. The van der Waals surface area contributed by atoms with Crippen molar-refractivity contribution in [3.05, 3.63) is 47.0 Å². The van der Waals surface area contributed by atoms with Crippen LogP contribution in [-0.4, -0.2) is 36.3 Å². The number of amides is 3. The molecule has 2 rings (SSSR count). The van der Waals surface area contributed by atoms with E-state index in [-0.39, 0.29) is 29.2 Å². The van der Waals surface area contributed by atoms with Crippen molar-refractivity contribution in [2.24, 2.45) is 0 Å². The normalized spacial score (nSPS) is 10.2. The highest BCUT2D eigenvalue weighted by atomic mass is 35.5. The van der Waals surface area contributed by atoms with Gasteiger partial charge >= 0.3 is 0 Å². The third kappa shape index (κ3) is 7.32. The third-order valence-corrected chi connectivity index (χ3v) is 5.05. The van der Waals surface area contributed by atoms with Crippen LogP contribution in [0.4, 0.5) is 17.1 Å². The summed E-state index contributed by atoms with van der Waals surface area (Å²) in [7, 11) is 1.50. The zero-order chi connectivity index (χ0) is 21.4. The lowest BCUT2D eigenvalue weighted by Gasteiger charge is -2.12. The van der Waals surface area contributed by atoms with Gasteiger partial charge in [0.05, 0.1) is 24.3 Å². The van der Waals surface area contributed by atoms with Gasteiger partial charge in [-0.2, -0.15) is 0 Å². The van der Waals surface area contributed by atoms with E-state index in [1.165, 1.54) is 25.8 Å². The first-order chi connectivity index (χ1) is 13.8. The van der Waals surface area contributed by atoms with Crippen molar-refractivity contribution in [1.82, 2.24) is 0 Å². The maximum absolute atomic E-state index is 12.2. The van der Waals surface area contributed by atoms with Gasteiger partial charge in [0.25, 0.3) is 0 Å². The second-order valence-electron chi connectivity index (χ2n) is 6.15. The Hall–Kier alpha value is -2.71. The van der Waals surface area contributed by atoms with Crippen molar-refractivity contribution < 1.29 is 19.1 Å². The van der Waals surface area contributed by atoms with E-state index in [1.807, 2.05) is 6.92 Å². The molecule has 7 nitrogen and oxygen atoms in total. The van der Waals surface area contributed by atoms with Gasteiger partial charge in [-0.1, -0.05) is 11.6 Å². The molecule has 0 saturated carbocycles. The number of benzene rings is 2. The fraction of sp³-hybridized carbons (Fsp3) is 0.250. The summed E-state index contributed by atoms with van der Waals surface area (Å²) >= 11 is 7.25. The number of ether oxygens (including phenoxy) is 1. The summed E-state index contributed by atoms with van der Waals surface area (Å²) in [6, 6.07) is 10.1. The van der Waals surface area contributed by atoms with Gasteiger partial charge in [-0.05, 0) is 42.8 Å². The van der Waals surface area contributed by atoms with Crippen molar-refractivity contribution in [3.63, 3.8) is 0 Å². The summed E-state index contributed by atoms with van der Waals surface area (Å²) in [6.07, 6.45) is 0. The molecule has 0 unspecified atom stereocenters. The van der Waals surface area contributed by atoms with E-state index in [9.17, 15) is 14.4 Å². The van der Waals surface area contributed by atoms with Crippen LogP contribution in [0.5, 0.6) is 5.75 Å². The van der Waals surface area contributed by atoms with Crippen LogP contribution in [0, 0.1) is 6.92 Å². The van der Waals surface area contributed by atoms with E-state index >= 15 is 0 Å². The molecule has 154 valence electrons. The summed E-state index contributed by atoms with van der Waals surface area (Å²) in [4.78, 5) is 35.2. The predicted molar refractivity (Wildman–Crippen MR) is 118 cm³/mol. The number of methoxy groups -OCH3 is 1. The van der Waals surface area contributed by atoms with Crippen LogP contribution in [0.3, 0.4) is 0 Å². The molecule has 0 radical (unpaired) electrons. The summed E-state index contributed by atoms with van der Waals surface area (Å²) in [6.45, 7) is 3.26. The second-order valence-corrected chi connectivity index (χ2v) is 7.54. The van der Waals surface area contributed by atoms with Crippen molar-refractivity contribution in [2.45, 2.75) is 13.8 Å². The molecule has 3 N–H and O–H groups in total. The number of aryl methyl sites for hydroxylation is 1. The lowest BCUT2D eigenvalue weighted by atomic mass is 10.2. The minimum Gasteiger partial charge on any atom is -0.495 e. The van der Waals surface area contributed by atoms with Gasteiger partial charge in [0.1, 0.15) is 5.75 Å². The minimum absolute atomic E-state index is 0.111. The Morgan fingerprint density at radius 2 is 1.52 bits per heavy atom. The smallest absolute Gasteiger partial charge is 0.234 e. The minimum atomic E-state index is -0.248. The number of rotatable bonds is 8. The number of anilines is 3. The number of thioether (sulfide) groups is 1. The molecule has 3 amide bonds. The molecule has 0 fully saturated rings. The maximum atomic E-state index is 12.2. The molecular weight excluding hydrogens is 414 g/mol. The van der Waals surface area contributed by atoms with Gasteiger partial charge in [-0.15, -0.1) is 11.8 Å². The molecule has 9 heteroatoms. The number of halogens is 1. The molecule has 29 heavy (non-hydrogen) atoms. The highest BCUT2D eigenvalue weighted by molar-refractivity contribution is 8.00. The first-order valence-electron chi connectivity index (χ1n) is 8.67. The summed E-state index contributed by atoms with van der Waals surface area (Å²) < 4.78 is 5.23. The SMILES string of the molecule is COc1cc(Cl)c(C)cc1NC(=O)CSCC(=O)Nc1ccc(NC(C)=O)cc1. The lowest BCUT2D eigenvalue weighted by molar-refractivity contribution is -0.115. The van der Waals surface area contributed by atoms with Crippen LogP contribution in [0.25, 0.3) is 0 Å². The monoisotopic (exact) mass is 435 g/mol. The van der Waals surface area contributed by atoms with Crippen LogP contribution in [0.1, 0.15) is 12.5 Å². The Bertz CT molecular complexity index is 903. The Morgan fingerprint density at radius 3 is 2.07 bits per heavy atom. The maximum Gasteiger partial charge on any atom is 0.234 e. The molecule has 0 saturated heterocycles. The van der Waals surface area contributed by atoms with Gasteiger partial charge in [0.15, 0.2) is 0 Å². The summed E-state index contributed by atoms with van der Waals surface area (Å²) in [5, 5.41) is 8.71. The molecule has 0 aliphatic rings. The Kier molecular flexibility index (Phi) is 8.35. The largest absolute Gasteiger partial charge is 0.495 e. The zero-order valence-electron chi connectivity index (χ0n) is 16.3. The molecule has 0 spiro atoms. The highest BCUT2D eigenvalue weighted by Gasteiger charge is 2.11. The van der Waals surface area contributed by atoms with Crippen molar-refractivity contribution in [2.75, 3.05) is 34.6 Å². The van der Waals surface area contributed by atoms with E-state index in [0.29, 0.717) is 27.8 Å². The van der Waals surface area contributed by atoms with Gasteiger partial charge in [-0.3, -0.25) is 14.4 Å². The molecule has 0 aromatic heterocycles. The first-order valence-corrected chi connectivity index (χ1v) is 10.2. The van der Waals surface area contributed by atoms with E-state index < -0.39 is 0 Å². The topological polar surface area (TPSA) is 96.5 Å². The summed E-state index contributed by atoms with van der Waals surface area (Å²) in [5.74, 6) is 0.0666. The Morgan fingerprint density at radius 1 is 0.966 bits per heavy atom. The number of carbonyl (C=O) groups excluding carboxylic acids is 3. The molecule has 0 aliphatic carbocycles. The lowest BCUT2D eigenvalue weighted by Crippen LogP contribution is -2.18. The van der Waals surface area contributed by atoms with Gasteiger partial charge < -0.3 is 20.7 Å². The number of nitrogens with one attached hydrogen (secondary N) is 3. The van der Waals surface area contributed by atoms with Gasteiger partial charge in [0.2, 0.25) is 17.7 Å². The molecule has 2 aromatic rings. The van der Waals surface area contributed by atoms with E-state index in [1.54, 1.807) is 36.4 Å². The third-order valence-electron chi connectivity index (χ3n) is 3.71. The van der Waals surface area contributed by atoms with Gasteiger partial charge in [0, 0.05) is 29.4 Å². The van der Waals surface area contributed by atoms with Crippen molar-refractivity contribution >= 4 is 58.1 Å². The first kappa shape index (κ1) is 22.6. The number of hydrogen-bond acceptors (Lipinski definition) is 5. The van der Waals surface area contributed by atoms with Crippen molar-refractivity contribution in [1.29, 1.82) is 0 Å². The predicted octanol–water partition coefficient (Wildman–Crippen LogP) is 3.93. The average molecular weight is 436 g/mol. The average Bonchev–Trinajstić information content (AvgIpc) is 2.65. The van der Waals surface area contributed by atoms with Crippen LogP contribution >= 0.6 is 23.4 Å². The van der Waals surface area contributed by atoms with Crippen LogP contribution in [0.2, 0.25) is 5.02 Å². The fourth-order valence-corrected chi connectivity index (χ4v) is 3.16. The zero-order valence-corrected chi connectivity index (χ0v) is 17.9. The molecular formula is C20H22ClN3O4S. The van der Waals surface area contributed by atoms with E-state index in [2.05, 4.69) is 16.0 Å². The standard InChI is InChI=1S/C20H22ClN3O4S/c1-12-8-17(18(28-3)9-16(12)21)24-20(27)11-29-10-19(26)23-15-6-4-14(5-7-15)22-13(2)25/h4-9H,10-11H2,1-3H3,(H,22,25)(H,23,26)(H,24,27). The van der Waals surface area contributed by atoms with Gasteiger partial charge in [-0.25, -0.2) is 0 Å². The molecule has 0 bridgehead atoms. The van der Waals surface area contributed by atoms with Crippen LogP contribution in [0.15, 0.2) is 36.4 Å². The Balaban J connectivity index is 1.79. The Labute approximate surface area is 178 Å². The number of hydrogen-bond donors (Lipinski definition) is 3. The van der Waals surface area contributed by atoms with E-state index in [4.69, 9.17) is 16.3 Å². The second kappa shape index (κ2) is 10.7. The van der Waals surface area contributed by atoms with E-state index in [0.717, 1.165) is 5.56 Å². The highest BCUT2D eigenvalue weighted by Crippen LogP contribution is 2.31. The summed E-state index contributed by atoms with van der Waals surface area (Å²) in [5.41, 5.74) is 2.60. The fourth-order valence-electron chi connectivity index (χ4n) is 2.39.